The van der Waals surface area contributed by atoms with E-state index in [1.807, 2.05) is 18.2 Å². The molecule has 2 aromatic heterocycles. The lowest BCUT2D eigenvalue weighted by Crippen LogP contribution is -2.22. The van der Waals surface area contributed by atoms with E-state index in [2.05, 4.69) is 15.3 Å². The average Bonchev–Trinajstić information content (AvgIpc) is 2.99. The first-order valence-electron chi connectivity index (χ1n) is 8.11. The van der Waals surface area contributed by atoms with Gasteiger partial charge in [0, 0.05) is 23.1 Å². The minimum atomic E-state index is -0.623. The number of furan rings is 1. The van der Waals surface area contributed by atoms with Gasteiger partial charge < -0.3 is 14.7 Å². The normalized spacial score (nSPS) is 12.7. The predicted molar refractivity (Wildman–Crippen MR) is 93.7 cm³/mol. The summed E-state index contributed by atoms with van der Waals surface area (Å²) in [4.78, 5) is 19.4. The molecule has 0 radical (unpaired) electrons. The fraction of sp³-hybridized carbons (Fsp3) is 0.158. The number of nitrogens with zero attached hydrogens (tertiary/aromatic N) is 1. The Morgan fingerprint density at radius 3 is 2.85 bits per heavy atom. The SMILES string of the molecule is C[C@@H](NCc1nc2c(oc3ccccc32)c(=O)[nH]1)c1ccc(F)cc1F. The number of benzene rings is 2. The summed E-state index contributed by atoms with van der Waals surface area (Å²) in [5.74, 6) is -0.840. The van der Waals surface area contributed by atoms with Crippen molar-refractivity contribution in [2.75, 3.05) is 0 Å². The maximum absolute atomic E-state index is 13.9. The Kier molecular flexibility index (Phi) is 4.00. The van der Waals surface area contributed by atoms with E-state index in [4.69, 9.17) is 4.42 Å². The van der Waals surface area contributed by atoms with E-state index in [0.29, 0.717) is 22.5 Å². The van der Waals surface area contributed by atoms with Crippen LogP contribution in [0.1, 0.15) is 24.4 Å². The molecule has 0 aliphatic rings. The number of para-hydroxylation sites is 1. The van der Waals surface area contributed by atoms with Crippen molar-refractivity contribution in [2.45, 2.75) is 19.5 Å². The van der Waals surface area contributed by atoms with E-state index in [9.17, 15) is 13.6 Å². The molecule has 0 amide bonds. The summed E-state index contributed by atoms with van der Waals surface area (Å²) in [6.07, 6.45) is 0. The molecule has 26 heavy (non-hydrogen) atoms. The first kappa shape index (κ1) is 16.4. The fourth-order valence-corrected chi connectivity index (χ4v) is 2.94. The molecule has 0 saturated carbocycles. The van der Waals surface area contributed by atoms with Gasteiger partial charge in [-0.25, -0.2) is 13.8 Å². The third-order valence-corrected chi connectivity index (χ3v) is 4.28. The first-order valence-corrected chi connectivity index (χ1v) is 8.11. The molecule has 7 heteroatoms. The summed E-state index contributed by atoms with van der Waals surface area (Å²) < 4.78 is 32.4. The van der Waals surface area contributed by atoms with Crippen molar-refractivity contribution in [3.05, 3.63) is 75.8 Å². The molecule has 0 spiro atoms. The van der Waals surface area contributed by atoms with Crippen LogP contribution in [0, 0.1) is 11.6 Å². The van der Waals surface area contributed by atoms with Gasteiger partial charge in [0.05, 0.1) is 6.54 Å². The Bertz CT molecular complexity index is 1170. The average molecular weight is 355 g/mol. The molecule has 5 nitrogen and oxygen atoms in total. The molecule has 4 rings (SSSR count). The summed E-state index contributed by atoms with van der Waals surface area (Å²) in [7, 11) is 0. The second-order valence-corrected chi connectivity index (χ2v) is 6.06. The van der Waals surface area contributed by atoms with Crippen LogP contribution in [0.15, 0.2) is 51.7 Å². The standard InChI is InChI=1S/C19H15F2N3O2/c1-10(12-7-6-11(20)8-14(12)21)22-9-16-23-17-13-4-2-3-5-15(13)26-18(17)19(25)24-16/h2-8,10,22H,9H2,1H3,(H,23,24,25)/t10-/m1/s1. The predicted octanol–water partition coefficient (Wildman–Crippen LogP) is 3.80. The number of hydrogen-bond acceptors (Lipinski definition) is 4. The lowest BCUT2D eigenvalue weighted by atomic mass is 10.1. The molecule has 132 valence electrons. The van der Waals surface area contributed by atoms with Crippen molar-refractivity contribution in [1.82, 2.24) is 15.3 Å². The second-order valence-electron chi connectivity index (χ2n) is 6.06. The summed E-state index contributed by atoms with van der Waals surface area (Å²) in [5, 5.41) is 3.84. The van der Waals surface area contributed by atoms with Gasteiger partial charge in [-0.15, -0.1) is 0 Å². The van der Waals surface area contributed by atoms with Crippen molar-refractivity contribution in [1.29, 1.82) is 0 Å². The Balaban J connectivity index is 1.63. The number of nitrogens with one attached hydrogen (secondary N) is 2. The molecular formula is C19H15F2N3O2. The van der Waals surface area contributed by atoms with Gasteiger partial charge in [0.15, 0.2) is 0 Å². The van der Waals surface area contributed by atoms with Crippen LogP contribution >= 0.6 is 0 Å². The number of halogens is 2. The van der Waals surface area contributed by atoms with Gasteiger partial charge >= 0.3 is 0 Å². The number of aromatic amines is 1. The molecule has 2 N–H and O–H groups in total. The van der Waals surface area contributed by atoms with Crippen LogP contribution in [0.25, 0.3) is 22.1 Å². The van der Waals surface area contributed by atoms with E-state index in [0.717, 1.165) is 11.5 Å². The zero-order valence-corrected chi connectivity index (χ0v) is 13.8. The number of hydrogen-bond donors (Lipinski definition) is 2. The van der Waals surface area contributed by atoms with Gasteiger partial charge in [0.25, 0.3) is 5.56 Å². The van der Waals surface area contributed by atoms with Crippen LogP contribution in [0.2, 0.25) is 0 Å². The molecule has 0 fully saturated rings. The first-order chi connectivity index (χ1) is 12.5. The van der Waals surface area contributed by atoms with Crippen molar-refractivity contribution >= 4 is 22.1 Å². The number of rotatable bonds is 4. The molecule has 2 heterocycles. The van der Waals surface area contributed by atoms with Crippen LogP contribution in [-0.2, 0) is 6.54 Å². The van der Waals surface area contributed by atoms with E-state index in [1.54, 1.807) is 13.0 Å². The Hall–Kier alpha value is -3.06. The number of fused-ring (bicyclic) bond motifs is 3. The highest BCUT2D eigenvalue weighted by Gasteiger charge is 2.15. The largest absolute Gasteiger partial charge is 0.449 e. The summed E-state index contributed by atoms with van der Waals surface area (Å²) in [5.41, 5.74) is 1.22. The number of H-pyrrole nitrogens is 1. The Morgan fingerprint density at radius 2 is 2.04 bits per heavy atom. The third kappa shape index (κ3) is 2.86. The highest BCUT2D eigenvalue weighted by molar-refractivity contribution is 6.01. The molecule has 0 unspecified atom stereocenters. The molecule has 0 aliphatic carbocycles. The Morgan fingerprint density at radius 1 is 1.23 bits per heavy atom. The minimum Gasteiger partial charge on any atom is -0.449 e. The number of aromatic nitrogens is 2. The van der Waals surface area contributed by atoms with E-state index >= 15 is 0 Å². The van der Waals surface area contributed by atoms with Gasteiger partial charge in [0.2, 0.25) is 5.58 Å². The smallest absolute Gasteiger partial charge is 0.294 e. The van der Waals surface area contributed by atoms with Crippen molar-refractivity contribution in [2.24, 2.45) is 0 Å². The minimum absolute atomic E-state index is 0.174. The van der Waals surface area contributed by atoms with Crippen LogP contribution in [0.3, 0.4) is 0 Å². The molecule has 2 aromatic carbocycles. The van der Waals surface area contributed by atoms with Gasteiger partial charge in [0.1, 0.15) is 28.6 Å². The van der Waals surface area contributed by atoms with Gasteiger partial charge in [-0.1, -0.05) is 18.2 Å². The lowest BCUT2D eigenvalue weighted by molar-refractivity contribution is 0.511. The third-order valence-electron chi connectivity index (χ3n) is 4.28. The van der Waals surface area contributed by atoms with Crippen LogP contribution < -0.4 is 10.9 Å². The van der Waals surface area contributed by atoms with E-state index < -0.39 is 17.7 Å². The maximum Gasteiger partial charge on any atom is 0.294 e. The lowest BCUT2D eigenvalue weighted by Gasteiger charge is -2.14. The molecule has 0 saturated heterocycles. The maximum atomic E-state index is 13.9. The molecule has 0 aliphatic heterocycles. The molecular weight excluding hydrogens is 340 g/mol. The second kappa shape index (κ2) is 6.34. The Labute approximate surface area is 146 Å². The van der Waals surface area contributed by atoms with Crippen molar-refractivity contribution < 1.29 is 13.2 Å². The van der Waals surface area contributed by atoms with E-state index in [1.165, 1.54) is 12.1 Å². The van der Waals surface area contributed by atoms with Gasteiger partial charge in [-0.05, 0) is 25.1 Å². The van der Waals surface area contributed by atoms with Crippen LogP contribution in [0.4, 0.5) is 8.78 Å². The molecule has 1 atom stereocenters. The monoisotopic (exact) mass is 355 g/mol. The summed E-state index contributed by atoms with van der Waals surface area (Å²) in [6, 6.07) is 10.3. The summed E-state index contributed by atoms with van der Waals surface area (Å²) >= 11 is 0. The topological polar surface area (TPSA) is 70.9 Å². The van der Waals surface area contributed by atoms with Crippen LogP contribution in [-0.4, -0.2) is 9.97 Å². The molecule has 0 bridgehead atoms. The zero-order chi connectivity index (χ0) is 18.3. The fourth-order valence-electron chi connectivity index (χ4n) is 2.94. The van der Waals surface area contributed by atoms with E-state index in [-0.39, 0.29) is 17.7 Å². The van der Waals surface area contributed by atoms with Gasteiger partial charge in [-0.2, -0.15) is 0 Å². The highest BCUT2D eigenvalue weighted by atomic mass is 19.1. The van der Waals surface area contributed by atoms with Crippen molar-refractivity contribution in [3.63, 3.8) is 0 Å². The quantitative estimate of drug-likeness (QED) is 0.584. The van der Waals surface area contributed by atoms with Crippen molar-refractivity contribution in [3.8, 4) is 0 Å². The zero-order valence-electron chi connectivity index (χ0n) is 13.8. The highest BCUT2D eigenvalue weighted by Crippen LogP contribution is 2.24. The molecule has 4 aromatic rings. The van der Waals surface area contributed by atoms with Gasteiger partial charge in [-0.3, -0.25) is 4.79 Å². The van der Waals surface area contributed by atoms with Crippen LogP contribution in [0.5, 0.6) is 0 Å². The summed E-state index contributed by atoms with van der Waals surface area (Å²) in [6.45, 7) is 1.96.